The molecule has 108 valence electrons. The lowest BCUT2D eigenvalue weighted by Gasteiger charge is -2.20. The van der Waals surface area contributed by atoms with E-state index in [1.165, 1.54) is 0 Å². The lowest BCUT2D eigenvalue weighted by molar-refractivity contribution is -0.152. The van der Waals surface area contributed by atoms with Crippen molar-refractivity contribution in [2.75, 3.05) is 0 Å². The maximum atomic E-state index is 12.4. The molecule has 1 saturated carbocycles. The van der Waals surface area contributed by atoms with E-state index in [9.17, 15) is 4.79 Å². The molecule has 2 aromatic rings. The van der Waals surface area contributed by atoms with Gasteiger partial charge in [0.2, 0.25) is 0 Å². The number of nitrogens with zero attached hydrogens (tertiary/aromatic N) is 1. The maximum Gasteiger partial charge on any atom is 0.309 e. The molecule has 3 nitrogen and oxygen atoms in total. The van der Waals surface area contributed by atoms with Crippen LogP contribution in [0.2, 0.25) is 0 Å². The first-order valence-corrected chi connectivity index (χ1v) is 7.50. The zero-order valence-electron chi connectivity index (χ0n) is 11.9. The van der Waals surface area contributed by atoms with Crippen molar-refractivity contribution in [3.8, 4) is 0 Å². The Hall–Kier alpha value is -2.16. The SMILES string of the molecule is O=C(OC(c1ccccc1)c1ccncc1)C1CCCC1. The van der Waals surface area contributed by atoms with Crippen LogP contribution in [0.5, 0.6) is 0 Å². The topological polar surface area (TPSA) is 39.2 Å². The van der Waals surface area contributed by atoms with Crippen LogP contribution in [0.1, 0.15) is 42.9 Å². The zero-order chi connectivity index (χ0) is 14.5. The van der Waals surface area contributed by atoms with Crippen LogP contribution in [-0.4, -0.2) is 11.0 Å². The van der Waals surface area contributed by atoms with Gasteiger partial charge in [0.15, 0.2) is 6.10 Å². The van der Waals surface area contributed by atoms with Crippen molar-refractivity contribution in [3.63, 3.8) is 0 Å². The predicted octanol–water partition coefficient (Wildman–Crippen LogP) is 3.90. The third-order valence-electron chi connectivity index (χ3n) is 4.03. The van der Waals surface area contributed by atoms with Crippen LogP contribution >= 0.6 is 0 Å². The molecular weight excluding hydrogens is 262 g/mol. The minimum atomic E-state index is -0.345. The summed E-state index contributed by atoms with van der Waals surface area (Å²) >= 11 is 0. The molecule has 0 saturated heterocycles. The summed E-state index contributed by atoms with van der Waals surface area (Å²) in [5.74, 6) is -0.00350. The standard InChI is InChI=1S/C18H19NO2/c20-18(16-8-4-5-9-16)21-17(14-6-2-1-3-7-14)15-10-12-19-13-11-15/h1-3,6-7,10-13,16-17H,4-5,8-9H2. The van der Waals surface area contributed by atoms with Gasteiger partial charge in [-0.3, -0.25) is 9.78 Å². The van der Waals surface area contributed by atoms with Crippen molar-refractivity contribution in [1.82, 2.24) is 4.98 Å². The van der Waals surface area contributed by atoms with Gasteiger partial charge in [0.05, 0.1) is 5.92 Å². The van der Waals surface area contributed by atoms with Gasteiger partial charge < -0.3 is 4.74 Å². The Morgan fingerprint density at radius 1 is 1.00 bits per heavy atom. The second-order valence-corrected chi connectivity index (χ2v) is 5.49. The number of pyridine rings is 1. The van der Waals surface area contributed by atoms with Gasteiger partial charge in [-0.15, -0.1) is 0 Å². The molecule has 0 N–H and O–H groups in total. The van der Waals surface area contributed by atoms with E-state index in [0.29, 0.717) is 0 Å². The minimum Gasteiger partial charge on any atom is -0.452 e. The van der Waals surface area contributed by atoms with Crippen molar-refractivity contribution in [2.45, 2.75) is 31.8 Å². The zero-order valence-corrected chi connectivity index (χ0v) is 11.9. The van der Waals surface area contributed by atoms with E-state index >= 15 is 0 Å². The molecule has 0 spiro atoms. The second-order valence-electron chi connectivity index (χ2n) is 5.49. The Morgan fingerprint density at radius 2 is 1.62 bits per heavy atom. The van der Waals surface area contributed by atoms with Crippen molar-refractivity contribution >= 4 is 5.97 Å². The van der Waals surface area contributed by atoms with Crippen LogP contribution in [0.4, 0.5) is 0 Å². The molecule has 3 rings (SSSR count). The largest absolute Gasteiger partial charge is 0.452 e. The van der Waals surface area contributed by atoms with E-state index in [1.807, 2.05) is 42.5 Å². The van der Waals surface area contributed by atoms with Gasteiger partial charge >= 0.3 is 5.97 Å². The first-order valence-electron chi connectivity index (χ1n) is 7.50. The summed E-state index contributed by atoms with van der Waals surface area (Å²) in [5.41, 5.74) is 1.96. The molecular formula is C18H19NO2. The molecule has 1 unspecified atom stereocenters. The van der Waals surface area contributed by atoms with Gasteiger partial charge in [-0.2, -0.15) is 0 Å². The Labute approximate surface area is 125 Å². The van der Waals surface area contributed by atoms with Crippen LogP contribution in [0.3, 0.4) is 0 Å². The molecule has 0 bridgehead atoms. The van der Waals surface area contributed by atoms with E-state index in [1.54, 1.807) is 12.4 Å². The number of esters is 1. The third kappa shape index (κ3) is 3.30. The summed E-state index contributed by atoms with van der Waals surface area (Å²) in [6.07, 6.45) is 7.29. The average Bonchev–Trinajstić information content (AvgIpc) is 3.09. The highest BCUT2D eigenvalue weighted by Crippen LogP contribution is 2.31. The lowest BCUT2D eigenvalue weighted by atomic mass is 10.0. The highest BCUT2D eigenvalue weighted by molar-refractivity contribution is 5.73. The van der Waals surface area contributed by atoms with Crippen molar-refractivity contribution in [1.29, 1.82) is 0 Å². The smallest absolute Gasteiger partial charge is 0.309 e. The number of carbonyl (C=O) groups is 1. The number of aromatic nitrogens is 1. The van der Waals surface area contributed by atoms with Gasteiger partial charge in [-0.1, -0.05) is 43.2 Å². The van der Waals surface area contributed by atoms with Crippen LogP contribution in [0.25, 0.3) is 0 Å². The molecule has 0 amide bonds. The molecule has 1 heterocycles. The summed E-state index contributed by atoms with van der Waals surface area (Å²) in [7, 11) is 0. The van der Waals surface area contributed by atoms with Gasteiger partial charge in [0, 0.05) is 18.0 Å². The number of hydrogen-bond acceptors (Lipinski definition) is 3. The van der Waals surface area contributed by atoms with Crippen LogP contribution in [-0.2, 0) is 9.53 Å². The van der Waals surface area contributed by atoms with Crippen LogP contribution in [0, 0.1) is 5.92 Å². The Kier molecular flexibility index (Phi) is 4.29. The molecule has 21 heavy (non-hydrogen) atoms. The monoisotopic (exact) mass is 281 g/mol. The minimum absolute atomic E-state index is 0.0676. The van der Waals surface area contributed by atoms with E-state index in [4.69, 9.17) is 4.74 Å². The Morgan fingerprint density at radius 3 is 2.29 bits per heavy atom. The molecule has 1 aromatic carbocycles. The maximum absolute atomic E-state index is 12.4. The molecule has 1 atom stereocenters. The molecule has 1 aliphatic rings. The van der Waals surface area contributed by atoms with Crippen molar-refractivity contribution < 1.29 is 9.53 Å². The Bertz CT molecular complexity index is 537. The fourth-order valence-electron chi connectivity index (χ4n) is 2.87. The molecule has 0 radical (unpaired) electrons. The highest BCUT2D eigenvalue weighted by atomic mass is 16.5. The van der Waals surface area contributed by atoms with Gasteiger partial charge in [0.25, 0.3) is 0 Å². The second kappa shape index (κ2) is 6.53. The summed E-state index contributed by atoms with van der Waals surface area (Å²) in [4.78, 5) is 16.4. The fraction of sp³-hybridized carbons (Fsp3) is 0.333. The number of benzene rings is 1. The highest BCUT2D eigenvalue weighted by Gasteiger charge is 2.27. The lowest BCUT2D eigenvalue weighted by Crippen LogP contribution is -2.19. The summed E-state index contributed by atoms with van der Waals surface area (Å²) < 4.78 is 5.84. The average molecular weight is 281 g/mol. The van der Waals surface area contributed by atoms with E-state index < -0.39 is 0 Å². The number of ether oxygens (including phenoxy) is 1. The molecule has 3 heteroatoms. The van der Waals surface area contributed by atoms with Crippen LogP contribution < -0.4 is 0 Å². The predicted molar refractivity (Wildman–Crippen MR) is 80.6 cm³/mol. The molecule has 1 aromatic heterocycles. The fourth-order valence-corrected chi connectivity index (χ4v) is 2.87. The molecule has 1 aliphatic carbocycles. The first kappa shape index (κ1) is 13.8. The number of hydrogen-bond donors (Lipinski definition) is 0. The van der Waals surface area contributed by atoms with E-state index in [2.05, 4.69) is 4.98 Å². The van der Waals surface area contributed by atoms with Crippen molar-refractivity contribution in [2.24, 2.45) is 5.92 Å². The summed E-state index contributed by atoms with van der Waals surface area (Å²) in [6.45, 7) is 0. The first-order chi connectivity index (χ1) is 10.3. The summed E-state index contributed by atoms with van der Waals surface area (Å²) in [5, 5.41) is 0. The normalized spacial score (nSPS) is 16.6. The van der Waals surface area contributed by atoms with Gasteiger partial charge in [-0.25, -0.2) is 0 Å². The summed E-state index contributed by atoms with van der Waals surface area (Å²) in [6, 6.07) is 13.7. The quantitative estimate of drug-likeness (QED) is 0.798. The molecule has 1 fully saturated rings. The van der Waals surface area contributed by atoms with E-state index in [0.717, 1.165) is 36.8 Å². The third-order valence-corrected chi connectivity index (χ3v) is 4.03. The number of rotatable bonds is 4. The van der Waals surface area contributed by atoms with Crippen molar-refractivity contribution in [3.05, 3.63) is 66.0 Å². The van der Waals surface area contributed by atoms with Gasteiger partial charge in [0.1, 0.15) is 0 Å². The van der Waals surface area contributed by atoms with E-state index in [-0.39, 0.29) is 18.0 Å². The van der Waals surface area contributed by atoms with Gasteiger partial charge in [-0.05, 0) is 30.5 Å². The Balaban J connectivity index is 1.84. The molecule has 0 aliphatic heterocycles. The number of carbonyl (C=O) groups excluding carboxylic acids is 1. The van der Waals surface area contributed by atoms with Crippen LogP contribution in [0.15, 0.2) is 54.9 Å².